The van der Waals surface area contributed by atoms with Crippen molar-refractivity contribution in [2.75, 3.05) is 0 Å². The van der Waals surface area contributed by atoms with Gasteiger partial charge in [-0.2, -0.15) is 4.57 Å². The van der Waals surface area contributed by atoms with Crippen LogP contribution in [-0.4, -0.2) is 4.98 Å². The van der Waals surface area contributed by atoms with Crippen molar-refractivity contribution >= 4 is 0 Å². The molecular formula is C16H23N2+. The summed E-state index contributed by atoms with van der Waals surface area (Å²) in [6, 6.07) is 8.34. The van der Waals surface area contributed by atoms with E-state index in [1.807, 2.05) is 6.92 Å². The Morgan fingerprint density at radius 2 is 1.72 bits per heavy atom. The molecule has 2 aromatic rings. The molecule has 0 fully saturated rings. The van der Waals surface area contributed by atoms with E-state index in [9.17, 15) is 0 Å². The summed E-state index contributed by atoms with van der Waals surface area (Å²) < 4.78 is 10.5. The predicted molar refractivity (Wildman–Crippen MR) is 75.2 cm³/mol. The first-order chi connectivity index (χ1) is 8.75. The van der Waals surface area contributed by atoms with Gasteiger partial charge in [-0.25, -0.2) is 4.98 Å². The lowest BCUT2D eigenvalue weighted by atomic mass is 9.95. The van der Waals surface area contributed by atoms with Crippen molar-refractivity contribution in [2.45, 2.75) is 47.0 Å². The van der Waals surface area contributed by atoms with Crippen LogP contribution in [0.25, 0.3) is 5.69 Å². The average molecular weight is 244 g/mol. The topological polar surface area (TPSA) is 19.7 Å². The maximum Gasteiger partial charge on any atom is 0.312 e. The van der Waals surface area contributed by atoms with Gasteiger partial charge < -0.3 is 0 Å². The Bertz CT molecular complexity index is 618. The molecule has 2 nitrogen and oxygen atoms in total. The molecule has 0 amide bonds. The maximum atomic E-state index is 8.33. The zero-order chi connectivity index (χ0) is 14.4. The molecule has 18 heavy (non-hydrogen) atoms. The van der Waals surface area contributed by atoms with Crippen molar-refractivity contribution in [1.82, 2.24) is 4.98 Å². The van der Waals surface area contributed by atoms with Crippen molar-refractivity contribution in [3.05, 3.63) is 47.0 Å². The highest BCUT2D eigenvalue weighted by Gasteiger charge is 2.31. The molecule has 0 aliphatic rings. The van der Waals surface area contributed by atoms with Gasteiger partial charge in [0.05, 0.1) is 5.41 Å². The lowest BCUT2D eigenvalue weighted by molar-refractivity contribution is -0.614. The third-order valence-corrected chi connectivity index (χ3v) is 3.37. The highest BCUT2D eigenvalue weighted by molar-refractivity contribution is 5.33. The molecule has 0 unspecified atom stereocenters. The molecule has 0 aliphatic carbocycles. The Hall–Kier alpha value is -1.57. The van der Waals surface area contributed by atoms with Crippen LogP contribution in [-0.2, 0) is 5.41 Å². The summed E-state index contributed by atoms with van der Waals surface area (Å²) in [4.78, 5) is 1.57. The van der Waals surface area contributed by atoms with E-state index in [-0.39, 0.29) is 5.41 Å². The minimum atomic E-state index is -0.0803. The number of rotatable bonds is 1. The first-order valence-electron chi connectivity index (χ1n) is 6.89. The van der Waals surface area contributed by atoms with Crippen LogP contribution in [0.15, 0.2) is 24.3 Å². The first kappa shape index (κ1) is 11.5. The molecule has 0 atom stereocenters. The highest BCUT2D eigenvalue weighted by Crippen LogP contribution is 2.21. The van der Waals surface area contributed by atoms with E-state index in [1.165, 1.54) is 11.3 Å². The number of nitrogens with zero attached hydrogens (tertiary/aromatic N) is 1. The Morgan fingerprint density at radius 1 is 1.11 bits per heavy atom. The smallest absolute Gasteiger partial charge is 0.244 e. The van der Waals surface area contributed by atoms with E-state index in [1.54, 1.807) is 4.98 Å². The molecule has 2 rings (SSSR count). The molecule has 96 valence electrons. The first-order valence-corrected chi connectivity index (χ1v) is 6.45. The number of benzene rings is 1. The van der Waals surface area contributed by atoms with E-state index in [4.69, 9.17) is 1.41 Å². The Kier molecular flexibility index (Phi) is 2.73. The van der Waals surface area contributed by atoms with E-state index < -0.39 is 0 Å². The van der Waals surface area contributed by atoms with Gasteiger partial charge in [-0.1, -0.05) is 18.2 Å². The van der Waals surface area contributed by atoms with Gasteiger partial charge in [0.25, 0.3) is 5.82 Å². The molecule has 1 heterocycles. The lowest BCUT2D eigenvalue weighted by Crippen LogP contribution is -2.42. The largest absolute Gasteiger partial charge is 0.312 e. The van der Waals surface area contributed by atoms with Crippen LogP contribution >= 0.6 is 0 Å². The standard InChI is InChI=1S/C16H22N2/c1-11-9-7-8-10-14(11)18-13(3)12(2)17-15(18)16(4,5)6/h7-10H,1-6H3/p+1/i/hD. The monoisotopic (exact) mass is 244 g/mol. The molecule has 1 aromatic heterocycles. The van der Waals surface area contributed by atoms with Gasteiger partial charge in [-0.3, -0.25) is 0 Å². The normalized spacial score (nSPS) is 12.7. The number of para-hydroxylation sites is 1. The zero-order valence-electron chi connectivity index (χ0n) is 13.2. The third kappa shape index (κ3) is 2.07. The van der Waals surface area contributed by atoms with E-state index in [0.717, 1.165) is 17.2 Å². The predicted octanol–water partition coefficient (Wildman–Crippen LogP) is 3.51. The van der Waals surface area contributed by atoms with Crippen LogP contribution in [0.2, 0.25) is 1.41 Å². The van der Waals surface area contributed by atoms with Crippen LogP contribution in [0, 0.1) is 20.8 Å². The van der Waals surface area contributed by atoms with Crippen LogP contribution in [0.4, 0.5) is 0 Å². The summed E-state index contributed by atoms with van der Waals surface area (Å²) in [6.07, 6.45) is 0. The molecular weight excluding hydrogens is 220 g/mol. The summed E-state index contributed by atoms with van der Waals surface area (Å²) in [7, 11) is 0. The average Bonchev–Trinajstić information content (AvgIpc) is 2.54. The van der Waals surface area contributed by atoms with Crippen LogP contribution < -0.4 is 4.57 Å². The number of aryl methyl sites for hydroxylation is 1. The zero-order valence-corrected chi connectivity index (χ0v) is 12.2. The molecule has 0 saturated carbocycles. The van der Waals surface area contributed by atoms with Gasteiger partial charge in [0, 0.05) is 13.8 Å². The SMILES string of the molecule is [2H]n1c(C)c(C)[n+](-c2ccccc2C)c1C(C)(C)C. The van der Waals surface area contributed by atoms with Crippen molar-refractivity contribution in [3.63, 3.8) is 0 Å². The summed E-state index contributed by atoms with van der Waals surface area (Å²) >= 11 is 0. The van der Waals surface area contributed by atoms with Gasteiger partial charge >= 0.3 is 1.41 Å². The van der Waals surface area contributed by atoms with Gasteiger partial charge in [-0.05, 0) is 39.3 Å². The van der Waals surface area contributed by atoms with Crippen LogP contribution in [0.5, 0.6) is 0 Å². The van der Waals surface area contributed by atoms with E-state index >= 15 is 0 Å². The van der Waals surface area contributed by atoms with E-state index in [0.29, 0.717) is 0 Å². The lowest BCUT2D eigenvalue weighted by Gasteiger charge is -2.15. The molecule has 0 radical (unpaired) electrons. The molecule has 2 heteroatoms. The Balaban J connectivity index is 2.85. The minimum Gasteiger partial charge on any atom is -0.244 e. The van der Waals surface area contributed by atoms with Crippen molar-refractivity contribution in [2.24, 2.45) is 0 Å². The third-order valence-electron chi connectivity index (χ3n) is 3.37. The van der Waals surface area contributed by atoms with Crippen molar-refractivity contribution in [3.8, 4) is 5.69 Å². The number of aromatic amines is 1. The summed E-state index contributed by atoms with van der Waals surface area (Å²) in [5, 5.41) is 0. The fourth-order valence-electron chi connectivity index (χ4n) is 2.22. The fourth-order valence-corrected chi connectivity index (χ4v) is 2.22. The van der Waals surface area contributed by atoms with Crippen molar-refractivity contribution < 1.29 is 5.98 Å². The summed E-state index contributed by atoms with van der Waals surface area (Å²) in [6.45, 7) is 12.7. The number of hydrogen-bond acceptors (Lipinski definition) is 0. The quantitative estimate of drug-likeness (QED) is 0.741. The van der Waals surface area contributed by atoms with Crippen molar-refractivity contribution in [1.29, 1.82) is 0 Å². The Labute approximate surface area is 111 Å². The van der Waals surface area contributed by atoms with E-state index in [2.05, 4.69) is 63.5 Å². The second-order valence-electron chi connectivity index (χ2n) is 5.98. The second kappa shape index (κ2) is 4.27. The number of hydrogen-bond donors (Lipinski definition) is 1. The van der Waals surface area contributed by atoms with Gasteiger partial charge in [-0.15, -0.1) is 0 Å². The molecule has 0 bridgehead atoms. The summed E-state index contributed by atoms with van der Waals surface area (Å²) in [5.41, 5.74) is 4.44. The number of imidazole rings is 1. The highest BCUT2D eigenvalue weighted by atomic mass is 15.1. The second-order valence-corrected chi connectivity index (χ2v) is 5.98. The molecule has 0 spiro atoms. The molecule has 0 saturated heterocycles. The molecule has 1 aromatic carbocycles. The van der Waals surface area contributed by atoms with Gasteiger partial charge in [0.15, 0.2) is 0 Å². The molecule has 1 N–H and O–H groups in total. The maximum absolute atomic E-state index is 8.33. The van der Waals surface area contributed by atoms with Crippen LogP contribution in [0.3, 0.4) is 0 Å². The summed E-state index contributed by atoms with van der Waals surface area (Å²) in [5.74, 6) is 1.01. The Morgan fingerprint density at radius 3 is 2.28 bits per heavy atom. The number of nitrogens with one attached hydrogen (secondary N) is 1. The number of aromatic nitrogens is 2. The minimum absolute atomic E-state index is 0.0803. The molecule has 0 aliphatic heterocycles. The van der Waals surface area contributed by atoms with Gasteiger partial charge in [0.1, 0.15) is 17.1 Å². The fraction of sp³-hybridized carbons (Fsp3) is 0.438. The van der Waals surface area contributed by atoms with Crippen LogP contribution in [0.1, 0.15) is 43.5 Å². The van der Waals surface area contributed by atoms with Gasteiger partial charge in [0.2, 0.25) is 0 Å². The number of H-pyrrole nitrogens is 1.